The third kappa shape index (κ3) is 5.57. The number of esters is 1. The van der Waals surface area contributed by atoms with Crippen LogP contribution in [0.5, 0.6) is 0 Å². The highest BCUT2D eigenvalue weighted by atomic mass is 32.2. The number of nitro groups is 1. The van der Waals surface area contributed by atoms with Crippen LogP contribution >= 0.6 is 0 Å². The Kier molecular flexibility index (Phi) is 6.81. The summed E-state index contributed by atoms with van der Waals surface area (Å²) >= 11 is 0. The highest BCUT2D eigenvalue weighted by molar-refractivity contribution is 7.89. The molecule has 150 valence electrons. The zero-order valence-electron chi connectivity index (χ0n) is 15.2. The summed E-state index contributed by atoms with van der Waals surface area (Å²) < 4.78 is 45.7. The fraction of sp³-hybridized carbons (Fsp3) is 0.278. The van der Waals surface area contributed by atoms with Crippen LogP contribution in [0.1, 0.15) is 31.9 Å². The van der Waals surface area contributed by atoms with E-state index in [1.807, 2.05) is 0 Å². The molecule has 0 bridgehead atoms. The Hall–Kier alpha value is -2.85. The minimum absolute atomic E-state index is 0.0129. The van der Waals surface area contributed by atoms with Crippen molar-refractivity contribution in [2.24, 2.45) is 0 Å². The lowest BCUT2D eigenvalue weighted by Gasteiger charge is -2.19. The van der Waals surface area contributed by atoms with Crippen molar-refractivity contribution < 1.29 is 27.3 Å². The number of nitrogens with zero attached hydrogens (tertiary/aromatic N) is 1. The SMILES string of the molecule is CC(C)OC(=O)C[C@H](NS(=O)(=O)c1ccc(F)cc1)c1ccccc1[N+](=O)[O-]. The van der Waals surface area contributed by atoms with Crippen molar-refractivity contribution in [1.29, 1.82) is 0 Å². The number of rotatable bonds is 8. The molecule has 2 rings (SSSR count). The summed E-state index contributed by atoms with van der Waals surface area (Å²) in [6, 6.07) is 8.31. The molecule has 0 aromatic heterocycles. The van der Waals surface area contributed by atoms with E-state index in [4.69, 9.17) is 4.74 Å². The van der Waals surface area contributed by atoms with Crippen LogP contribution in [0.15, 0.2) is 53.4 Å². The number of nitro benzene ring substituents is 1. The summed E-state index contributed by atoms with van der Waals surface area (Å²) in [5.74, 6) is -1.34. The lowest BCUT2D eigenvalue weighted by molar-refractivity contribution is -0.385. The largest absolute Gasteiger partial charge is 0.463 e. The average Bonchev–Trinajstić information content (AvgIpc) is 2.60. The molecule has 1 N–H and O–H groups in total. The van der Waals surface area contributed by atoms with Crippen LogP contribution in [0.2, 0.25) is 0 Å². The maximum absolute atomic E-state index is 13.1. The van der Waals surface area contributed by atoms with Crippen LogP contribution in [-0.2, 0) is 19.6 Å². The summed E-state index contributed by atoms with van der Waals surface area (Å²) in [7, 11) is -4.19. The number of ether oxygens (including phenoxy) is 1. The van der Waals surface area contributed by atoms with E-state index in [-0.39, 0.29) is 16.1 Å². The quantitative estimate of drug-likeness (QED) is 0.406. The number of halogens is 1. The number of carbonyl (C=O) groups excluding carboxylic acids is 1. The van der Waals surface area contributed by atoms with Gasteiger partial charge in [0.2, 0.25) is 10.0 Å². The molecule has 0 amide bonds. The fourth-order valence-corrected chi connectivity index (χ4v) is 3.73. The van der Waals surface area contributed by atoms with Crippen LogP contribution in [0.4, 0.5) is 10.1 Å². The number of hydrogen-bond acceptors (Lipinski definition) is 6. The predicted molar refractivity (Wildman–Crippen MR) is 98.4 cm³/mol. The van der Waals surface area contributed by atoms with Crippen LogP contribution < -0.4 is 4.72 Å². The molecule has 0 heterocycles. The first kappa shape index (κ1) is 21.5. The van der Waals surface area contributed by atoms with Gasteiger partial charge in [-0.3, -0.25) is 14.9 Å². The van der Waals surface area contributed by atoms with Crippen LogP contribution in [-0.4, -0.2) is 25.4 Å². The minimum Gasteiger partial charge on any atom is -0.463 e. The minimum atomic E-state index is -4.19. The standard InChI is InChI=1S/C18H19FN2O6S/c1-12(2)27-18(22)11-16(15-5-3-4-6-17(15)21(23)24)20-28(25,26)14-9-7-13(19)8-10-14/h3-10,12,16,20H,11H2,1-2H3/t16-/m0/s1. The summed E-state index contributed by atoms with van der Waals surface area (Å²) in [4.78, 5) is 22.5. The smallest absolute Gasteiger partial charge is 0.308 e. The first-order valence-corrected chi connectivity index (χ1v) is 9.79. The van der Waals surface area contributed by atoms with E-state index in [0.29, 0.717) is 0 Å². The van der Waals surface area contributed by atoms with Gasteiger partial charge in [-0.2, -0.15) is 0 Å². The summed E-state index contributed by atoms with van der Waals surface area (Å²) in [6.07, 6.45) is -0.892. The molecule has 0 saturated heterocycles. The molecule has 2 aromatic rings. The monoisotopic (exact) mass is 410 g/mol. The van der Waals surface area contributed by atoms with E-state index in [1.54, 1.807) is 13.8 Å². The van der Waals surface area contributed by atoms with Gasteiger partial charge in [0.25, 0.3) is 5.69 Å². The molecule has 10 heteroatoms. The zero-order valence-corrected chi connectivity index (χ0v) is 16.0. The Balaban J connectivity index is 2.42. The van der Waals surface area contributed by atoms with E-state index < -0.39 is 45.3 Å². The second-order valence-electron chi connectivity index (χ2n) is 6.19. The molecular formula is C18H19FN2O6S. The maximum Gasteiger partial charge on any atom is 0.308 e. The molecule has 0 aliphatic carbocycles. The van der Waals surface area contributed by atoms with Crippen molar-refractivity contribution in [3.8, 4) is 0 Å². The number of para-hydroxylation sites is 1. The Morgan fingerprint density at radius 1 is 1.18 bits per heavy atom. The number of carbonyl (C=O) groups is 1. The second kappa shape index (κ2) is 8.89. The normalized spacial score (nSPS) is 12.6. The van der Waals surface area contributed by atoms with E-state index in [0.717, 1.165) is 24.3 Å². The number of hydrogen-bond donors (Lipinski definition) is 1. The van der Waals surface area contributed by atoms with Crippen LogP contribution in [0, 0.1) is 15.9 Å². The second-order valence-corrected chi connectivity index (χ2v) is 7.90. The van der Waals surface area contributed by atoms with E-state index in [9.17, 15) is 27.7 Å². The molecule has 0 saturated carbocycles. The molecule has 0 spiro atoms. The predicted octanol–water partition coefficient (Wildman–Crippen LogP) is 3.10. The maximum atomic E-state index is 13.1. The Bertz CT molecular complexity index is 960. The molecule has 2 aromatic carbocycles. The Labute approximate surface area is 161 Å². The summed E-state index contributed by atoms with van der Waals surface area (Å²) in [5, 5.41) is 11.3. The van der Waals surface area contributed by atoms with E-state index >= 15 is 0 Å². The molecule has 0 aliphatic rings. The van der Waals surface area contributed by atoms with Crippen molar-refractivity contribution in [2.45, 2.75) is 37.3 Å². The van der Waals surface area contributed by atoms with Gasteiger partial charge in [-0.05, 0) is 38.1 Å². The highest BCUT2D eigenvalue weighted by Crippen LogP contribution is 2.29. The molecule has 0 aliphatic heterocycles. The summed E-state index contributed by atoms with van der Waals surface area (Å²) in [5.41, 5.74) is -0.328. The van der Waals surface area contributed by atoms with Gasteiger partial charge in [-0.25, -0.2) is 17.5 Å². The van der Waals surface area contributed by atoms with Crippen LogP contribution in [0.25, 0.3) is 0 Å². The average molecular weight is 410 g/mol. The number of sulfonamides is 1. The molecular weight excluding hydrogens is 391 g/mol. The van der Waals surface area contributed by atoms with Gasteiger partial charge >= 0.3 is 5.97 Å². The zero-order chi connectivity index (χ0) is 20.9. The first-order chi connectivity index (χ1) is 13.1. The molecule has 0 fully saturated rings. The van der Waals surface area contributed by atoms with E-state index in [2.05, 4.69) is 4.72 Å². The van der Waals surface area contributed by atoms with Gasteiger partial charge in [0, 0.05) is 11.6 Å². The Morgan fingerprint density at radius 3 is 2.36 bits per heavy atom. The Morgan fingerprint density at radius 2 is 1.79 bits per heavy atom. The number of benzene rings is 2. The molecule has 0 unspecified atom stereocenters. The third-order valence-corrected chi connectivity index (χ3v) is 5.16. The van der Waals surface area contributed by atoms with Gasteiger partial charge in [0.15, 0.2) is 0 Å². The lowest BCUT2D eigenvalue weighted by atomic mass is 10.0. The fourth-order valence-electron chi connectivity index (χ4n) is 2.51. The van der Waals surface area contributed by atoms with Crippen molar-refractivity contribution in [3.63, 3.8) is 0 Å². The van der Waals surface area contributed by atoms with Gasteiger partial charge in [-0.15, -0.1) is 0 Å². The van der Waals surface area contributed by atoms with Gasteiger partial charge in [0.1, 0.15) is 5.82 Å². The highest BCUT2D eigenvalue weighted by Gasteiger charge is 2.29. The lowest BCUT2D eigenvalue weighted by Crippen LogP contribution is -2.31. The topological polar surface area (TPSA) is 116 Å². The first-order valence-electron chi connectivity index (χ1n) is 8.31. The van der Waals surface area contributed by atoms with Crippen molar-refractivity contribution >= 4 is 21.7 Å². The molecule has 8 nitrogen and oxygen atoms in total. The van der Waals surface area contributed by atoms with Crippen LogP contribution in [0.3, 0.4) is 0 Å². The van der Waals surface area contributed by atoms with Crippen molar-refractivity contribution in [3.05, 3.63) is 70.0 Å². The van der Waals surface area contributed by atoms with Crippen molar-refractivity contribution in [2.75, 3.05) is 0 Å². The van der Waals surface area contributed by atoms with Gasteiger partial charge in [0.05, 0.1) is 28.4 Å². The third-order valence-electron chi connectivity index (χ3n) is 3.67. The number of nitrogens with one attached hydrogen (secondary N) is 1. The van der Waals surface area contributed by atoms with E-state index in [1.165, 1.54) is 24.3 Å². The summed E-state index contributed by atoms with van der Waals surface area (Å²) in [6.45, 7) is 3.25. The van der Waals surface area contributed by atoms with Crippen molar-refractivity contribution in [1.82, 2.24) is 4.72 Å². The van der Waals surface area contributed by atoms with Gasteiger partial charge in [-0.1, -0.05) is 18.2 Å². The molecule has 1 atom stereocenters. The van der Waals surface area contributed by atoms with Gasteiger partial charge < -0.3 is 4.74 Å². The molecule has 28 heavy (non-hydrogen) atoms. The molecule has 0 radical (unpaired) electrons.